The predicted molar refractivity (Wildman–Crippen MR) is 104 cm³/mol. The zero-order valence-corrected chi connectivity index (χ0v) is 16.1. The summed E-state index contributed by atoms with van der Waals surface area (Å²) in [7, 11) is 0. The van der Waals surface area contributed by atoms with Crippen LogP contribution in [0.3, 0.4) is 0 Å². The number of ether oxygens (including phenoxy) is 1. The highest BCUT2D eigenvalue weighted by molar-refractivity contribution is 6.43. The molecule has 1 amide bonds. The molecule has 0 spiro atoms. The van der Waals surface area contributed by atoms with Crippen molar-refractivity contribution in [2.45, 2.75) is 31.9 Å². The standard InChI is InChI=1S/C18H18Cl2N2O2.ClH/c1-18(2)9-14(12-8-10(21)6-7-15(12)24-18)22-17(23)11-4-3-5-13(19)16(11)20;/h3-8,14H,9,21H2,1-2H3,(H,22,23);1H. The molecule has 1 aliphatic rings. The van der Waals surface area contributed by atoms with Gasteiger partial charge in [-0.2, -0.15) is 0 Å². The summed E-state index contributed by atoms with van der Waals surface area (Å²) in [5, 5.41) is 3.62. The van der Waals surface area contributed by atoms with Gasteiger partial charge in [-0.25, -0.2) is 0 Å². The van der Waals surface area contributed by atoms with Gasteiger partial charge in [0.1, 0.15) is 11.4 Å². The largest absolute Gasteiger partial charge is 0.487 e. The Bertz CT molecular complexity index is 809. The summed E-state index contributed by atoms with van der Waals surface area (Å²) in [4.78, 5) is 12.7. The Morgan fingerprint density at radius 3 is 2.72 bits per heavy atom. The lowest BCUT2D eigenvalue weighted by Gasteiger charge is -2.38. The molecule has 3 rings (SSSR count). The summed E-state index contributed by atoms with van der Waals surface area (Å²) >= 11 is 12.1. The summed E-state index contributed by atoms with van der Waals surface area (Å²) in [6.45, 7) is 3.97. The lowest BCUT2D eigenvalue weighted by Crippen LogP contribution is -2.41. The molecule has 4 nitrogen and oxygen atoms in total. The molecule has 1 aliphatic heterocycles. The van der Waals surface area contributed by atoms with Gasteiger partial charge in [-0.3, -0.25) is 4.79 Å². The number of nitrogens with one attached hydrogen (secondary N) is 1. The lowest BCUT2D eigenvalue weighted by molar-refractivity contribution is 0.0620. The van der Waals surface area contributed by atoms with Crippen LogP contribution in [0.4, 0.5) is 5.69 Å². The van der Waals surface area contributed by atoms with Gasteiger partial charge >= 0.3 is 0 Å². The van der Waals surface area contributed by atoms with E-state index in [2.05, 4.69) is 5.32 Å². The molecular weight excluding hydrogens is 383 g/mol. The maximum absolute atomic E-state index is 12.7. The zero-order chi connectivity index (χ0) is 17.5. The summed E-state index contributed by atoms with van der Waals surface area (Å²) in [5.41, 5.74) is 7.32. The van der Waals surface area contributed by atoms with E-state index in [0.29, 0.717) is 22.7 Å². The van der Waals surface area contributed by atoms with Gasteiger partial charge in [-0.05, 0) is 44.2 Å². The van der Waals surface area contributed by atoms with Crippen molar-refractivity contribution in [1.82, 2.24) is 5.32 Å². The van der Waals surface area contributed by atoms with Gasteiger partial charge in [-0.15, -0.1) is 12.4 Å². The molecule has 0 saturated carbocycles. The zero-order valence-electron chi connectivity index (χ0n) is 13.8. The number of nitrogen functional groups attached to an aromatic ring is 1. The molecule has 25 heavy (non-hydrogen) atoms. The molecule has 0 saturated heterocycles. The molecule has 134 valence electrons. The van der Waals surface area contributed by atoms with Crippen LogP contribution in [-0.2, 0) is 0 Å². The fourth-order valence-electron chi connectivity index (χ4n) is 2.92. The molecule has 0 bridgehead atoms. The van der Waals surface area contributed by atoms with E-state index in [1.165, 1.54) is 0 Å². The van der Waals surface area contributed by atoms with Crippen LogP contribution in [0.1, 0.15) is 42.2 Å². The average molecular weight is 402 g/mol. The highest BCUT2D eigenvalue weighted by Gasteiger charge is 2.35. The fraction of sp³-hybridized carbons (Fsp3) is 0.278. The Hall–Kier alpha value is -1.62. The molecule has 1 atom stereocenters. The topological polar surface area (TPSA) is 64.4 Å². The second kappa shape index (κ2) is 7.32. The number of carbonyl (C=O) groups is 1. The lowest BCUT2D eigenvalue weighted by atomic mass is 9.89. The van der Waals surface area contributed by atoms with Crippen LogP contribution in [0, 0.1) is 0 Å². The highest BCUT2D eigenvalue weighted by atomic mass is 35.5. The molecule has 2 aromatic carbocycles. The van der Waals surface area contributed by atoms with Crippen LogP contribution >= 0.6 is 35.6 Å². The average Bonchev–Trinajstić information content (AvgIpc) is 2.50. The molecular formula is C18H19Cl3N2O2. The van der Waals surface area contributed by atoms with Gasteiger partial charge in [0.25, 0.3) is 5.91 Å². The number of halogens is 3. The van der Waals surface area contributed by atoms with E-state index >= 15 is 0 Å². The normalized spacial score (nSPS) is 17.7. The van der Waals surface area contributed by atoms with E-state index in [4.69, 9.17) is 33.7 Å². The van der Waals surface area contributed by atoms with Crippen molar-refractivity contribution in [3.8, 4) is 5.75 Å². The first-order valence-electron chi connectivity index (χ1n) is 7.60. The molecule has 7 heteroatoms. The van der Waals surface area contributed by atoms with Crippen LogP contribution in [0.15, 0.2) is 36.4 Å². The third kappa shape index (κ3) is 4.14. The van der Waals surface area contributed by atoms with E-state index < -0.39 is 5.60 Å². The van der Waals surface area contributed by atoms with Crippen molar-refractivity contribution in [2.75, 3.05) is 5.73 Å². The molecule has 3 N–H and O–H groups in total. The monoisotopic (exact) mass is 400 g/mol. The van der Waals surface area contributed by atoms with Crippen LogP contribution in [-0.4, -0.2) is 11.5 Å². The third-order valence-electron chi connectivity index (χ3n) is 3.99. The third-order valence-corrected chi connectivity index (χ3v) is 4.81. The van der Waals surface area contributed by atoms with Crippen LogP contribution in [0.2, 0.25) is 10.0 Å². The molecule has 0 aromatic heterocycles. The number of fused-ring (bicyclic) bond motifs is 1. The van der Waals surface area contributed by atoms with Gasteiger partial charge in [-0.1, -0.05) is 29.3 Å². The van der Waals surface area contributed by atoms with Crippen molar-refractivity contribution < 1.29 is 9.53 Å². The van der Waals surface area contributed by atoms with Crippen LogP contribution < -0.4 is 15.8 Å². The summed E-state index contributed by atoms with van der Waals surface area (Å²) in [5.74, 6) is 0.446. The van der Waals surface area contributed by atoms with Crippen LogP contribution in [0.5, 0.6) is 5.75 Å². The number of rotatable bonds is 2. The smallest absolute Gasteiger partial charge is 0.253 e. The van der Waals surface area contributed by atoms with E-state index in [0.717, 1.165) is 11.3 Å². The van der Waals surface area contributed by atoms with Crippen molar-refractivity contribution in [3.05, 3.63) is 57.6 Å². The fourth-order valence-corrected chi connectivity index (χ4v) is 3.30. The van der Waals surface area contributed by atoms with Gasteiger partial charge in [0.2, 0.25) is 0 Å². The second-order valence-electron chi connectivity index (χ2n) is 6.49. The number of hydrogen-bond acceptors (Lipinski definition) is 3. The number of nitrogens with two attached hydrogens (primary N) is 1. The van der Waals surface area contributed by atoms with Crippen molar-refractivity contribution in [3.63, 3.8) is 0 Å². The SMILES string of the molecule is CC1(C)CC(NC(=O)c2cccc(Cl)c2Cl)c2cc(N)ccc2O1.Cl. The first-order valence-corrected chi connectivity index (χ1v) is 8.36. The number of amides is 1. The maximum atomic E-state index is 12.7. The quantitative estimate of drug-likeness (QED) is 0.694. The minimum absolute atomic E-state index is 0. The Morgan fingerprint density at radius 1 is 1.28 bits per heavy atom. The van der Waals surface area contributed by atoms with E-state index in [1.54, 1.807) is 24.3 Å². The molecule has 2 aromatic rings. The highest BCUT2D eigenvalue weighted by Crippen LogP contribution is 2.40. The maximum Gasteiger partial charge on any atom is 0.253 e. The number of anilines is 1. The second-order valence-corrected chi connectivity index (χ2v) is 7.28. The number of benzene rings is 2. The Morgan fingerprint density at radius 2 is 2.00 bits per heavy atom. The molecule has 0 fully saturated rings. The van der Waals surface area contributed by atoms with E-state index in [-0.39, 0.29) is 29.4 Å². The van der Waals surface area contributed by atoms with E-state index in [9.17, 15) is 4.79 Å². The molecule has 0 aliphatic carbocycles. The van der Waals surface area contributed by atoms with Gasteiger partial charge < -0.3 is 15.8 Å². The first-order chi connectivity index (χ1) is 11.3. The number of hydrogen-bond donors (Lipinski definition) is 2. The predicted octanol–water partition coefficient (Wildman–Crippen LogP) is 5.03. The minimum atomic E-state index is -0.404. The Balaban J connectivity index is 0.00000225. The van der Waals surface area contributed by atoms with Crippen LogP contribution in [0.25, 0.3) is 0 Å². The first kappa shape index (κ1) is 19.7. The van der Waals surface area contributed by atoms with Gasteiger partial charge in [0, 0.05) is 17.7 Å². The van der Waals surface area contributed by atoms with Crippen molar-refractivity contribution >= 4 is 47.2 Å². The molecule has 0 radical (unpaired) electrons. The van der Waals surface area contributed by atoms with Gasteiger partial charge in [0.15, 0.2) is 0 Å². The summed E-state index contributed by atoms with van der Waals surface area (Å²) in [6, 6.07) is 10.2. The molecule has 1 unspecified atom stereocenters. The number of carbonyl (C=O) groups excluding carboxylic acids is 1. The van der Waals surface area contributed by atoms with Gasteiger partial charge in [0.05, 0.1) is 21.7 Å². The van der Waals surface area contributed by atoms with Crippen molar-refractivity contribution in [1.29, 1.82) is 0 Å². The Labute approximate surface area is 163 Å². The summed E-state index contributed by atoms with van der Waals surface area (Å²) < 4.78 is 5.98. The summed E-state index contributed by atoms with van der Waals surface area (Å²) in [6.07, 6.45) is 0.618. The van der Waals surface area contributed by atoms with E-state index in [1.807, 2.05) is 26.0 Å². The van der Waals surface area contributed by atoms with Crippen molar-refractivity contribution in [2.24, 2.45) is 0 Å². The minimum Gasteiger partial charge on any atom is -0.487 e. The molecule has 1 heterocycles. The Kier molecular flexibility index (Phi) is 5.77.